The fourth-order valence-corrected chi connectivity index (χ4v) is 5.40. The second-order valence-corrected chi connectivity index (χ2v) is 10.5. The van der Waals surface area contributed by atoms with Gasteiger partial charge in [0.25, 0.3) is 5.91 Å². The van der Waals surface area contributed by atoms with Crippen LogP contribution in [0.1, 0.15) is 23.2 Å². The number of esters is 1. The summed E-state index contributed by atoms with van der Waals surface area (Å²) in [7, 11) is 0. The number of nitrogens with zero attached hydrogens (tertiary/aromatic N) is 1. The van der Waals surface area contributed by atoms with Crippen LogP contribution in [-0.2, 0) is 19.1 Å². The maximum Gasteiger partial charge on any atom is 0.338 e. The first-order valence-corrected chi connectivity index (χ1v) is 12.4. The second-order valence-electron chi connectivity index (χ2n) is 8.02. The summed E-state index contributed by atoms with van der Waals surface area (Å²) in [4.78, 5) is 51.3. The molecule has 11 heteroatoms. The molecule has 4 atom stereocenters. The fraction of sp³-hybridized carbons (Fsp3) is 0.304. The van der Waals surface area contributed by atoms with Crippen molar-refractivity contribution in [1.82, 2.24) is 0 Å². The number of nitrogens with one attached hydrogen (secondary N) is 1. The molecule has 0 radical (unpaired) electrons. The summed E-state index contributed by atoms with van der Waals surface area (Å²) >= 11 is 21.7. The van der Waals surface area contributed by atoms with Gasteiger partial charge in [0.1, 0.15) is 0 Å². The van der Waals surface area contributed by atoms with Crippen LogP contribution in [0.2, 0.25) is 5.02 Å². The van der Waals surface area contributed by atoms with E-state index in [1.165, 1.54) is 24.3 Å². The van der Waals surface area contributed by atoms with E-state index in [2.05, 4.69) is 21.2 Å². The van der Waals surface area contributed by atoms with Gasteiger partial charge in [-0.05, 0) is 55.3 Å². The lowest BCUT2D eigenvalue weighted by atomic mass is 9.80. The molecular weight excluding hydrogens is 571 g/mol. The SMILES string of the molecule is O=C(COC(=O)c1ccc(N2C(=O)[C@H]3C[C@@H](Cl)[C@@H](Cl)C[C@H]3C2=O)cc1)Nc1ccc(Br)cc1Cl. The van der Waals surface area contributed by atoms with Gasteiger partial charge in [-0.3, -0.25) is 19.3 Å². The number of benzene rings is 2. The molecule has 0 bridgehead atoms. The second kappa shape index (κ2) is 10.2. The van der Waals surface area contributed by atoms with Gasteiger partial charge in [-0.1, -0.05) is 27.5 Å². The van der Waals surface area contributed by atoms with Crippen LogP contribution in [0, 0.1) is 11.8 Å². The van der Waals surface area contributed by atoms with E-state index >= 15 is 0 Å². The Labute approximate surface area is 218 Å². The maximum absolute atomic E-state index is 12.8. The van der Waals surface area contributed by atoms with Crippen LogP contribution < -0.4 is 10.2 Å². The molecule has 1 aliphatic heterocycles. The number of ether oxygens (including phenoxy) is 1. The Balaban J connectivity index is 1.37. The number of halogens is 4. The number of alkyl halides is 2. The number of hydrogen-bond acceptors (Lipinski definition) is 5. The Morgan fingerprint density at radius 2 is 1.59 bits per heavy atom. The van der Waals surface area contributed by atoms with Crippen molar-refractivity contribution in [3.05, 3.63) is 57.5 Å². The number of amides is 3. The van der Waals surface area contributed by atoms with Gasteiger partial charge in [0.2, 0.25) is 11.8 Å². The van der Waals surface area contributed by atoms with Gasteiger partial charge in [0.15, 0.2) is 6.61 Å². The molecule has 0 aromatic heterocycles. The third-order valence-electron chi connectivity index (χ3n) is 5.81. The number of fused-ring (bicyclic) bond motifs is 1. The van der Waals surface area contributed by atoms with E-state index in [0.717, 1.165) is 9.37 Å². The first-order chi connectivity index (χ1) is 16.2. The Hall–Kier alpha value is -2.13. The highest BCUT2D eigenvalue weighted by Crippen LogP contribution is 2.43. The van der Waals surface area contributed by atoms with Crippen LogP contribution in [0.15, 0.2) is 46.9 Å². The summed E-state index contributed by atoms with van der Waals surface area (Å²) in [6, 6.07) is 10.8. The van der Waals surface area contributed by atoms with Crippen LogP contribution in [0.3, 0.4) is 0 Å². The van der Waals surface area contributed by atoms with Crippen LogP contribution in [-0.4, -0.2) is 41.1 Å². The number of rotatable bonds is 5. The van der Waals surface area contributed by atoms with Gasteiger partial charge < -0.3 is 10.1 Å². The zero-order valence-corrected chi connectivity index (χ0v) is 21.3. The van der Waals surface area contributed by atoms with Crippen LogP contribution in [0.25, 0.3) is 0 Å². The molecule has 3 amide bonds. The molecule has 1 aliphatic carbocycles. The number of carbonyl (C=O) groups excluding carboxylic acids is 4. The van der Waals surface area contributed by atoms with Crippen molar-refractivity contribution in [1.29, 1.82) is 0 Å². The van der Waals surface area contributed by atoms with Gasteiger partial charge >= 0.3 is 5.97 Å². The number of hydrogen-bond donors (Lipinski definition) is 1. The molecule has 1 saturated carbocycles. The Bertz CT molecular complexity index is 1130. The van der Waals surface area contributed by atoms with Gasteiger partial charge in [-0.15, -0.1) is 23.2 Å². The third-order valence-corrected chi connectivity index (χ3v) is 7.71. The molecule has 4 rings (SSSR count). The first-order valence-electron chi connectivity index (χ1n) is 10.3. The molecule has 2 fully saturated rings. The highest BCUT2D eigenvalue weighted by molar-refractivity contribution is 9.10. The quantitative estimate of drug-likeness (QED) is 0.301. The smallest absolute Gasteiger partial charge is 0.338 e. The van der Waals surface area contributed by atoms with Crippen molar-refractivity contribution < 1.29 is 23.9 Å². The molecule has 7 nitrogen and oxygen atoms in total. The standard InChI is InChI=1S/C23H18BrCl3N2O5/c24-12-3-6-19(18(27)7-12)28-20(30)10-34-23(33)11-1-4-13(5-2-11)29-21(31)14-8-16(25)17(26)9-15(14)22(29)32/h1-7,14-17H,8-10H2,(H,28,30)/t14-,15+,16+,17-. The minimum Gasteiger partial charge on any atom is -0.452 e. The molecule has 1 saturated heterocycles. The zero-order chi connectivity index (χ0) is 24.6. The van der Waals surface area contributed by atoms with Crippen molar-refractivity contribution in [2.45, 2.75) is 23.6 Å². The molecule has 2 aromatic rings. The van der Waals surface area contributed by atoms with Crippen LogP contribution in [0.4, 0.5) is 11.4 Å². The summed E-state index contributed by atoms with van der Waals surface area (Å²) in [5.74, 6) is -2.91. The van der Waals surface area contributed by atoms with Gasteiger partial charge in [-0.2, -0.15) is 0 Å². The minimum absolute atomic E-state index is 0.163. The highest BCUT2D eigenvalue weighted by Gasteiger charge is 2.52. The Kier molecular flexibility index (Phi) is 7.52. The lowest BCUT2D eigenvalue weighted by Crippen LogP contribution is -2.34. The average Bonchev–Trinajstić information content (AvgIpc) is 3.04. The summed E-state index contributed by atoms with van der Waals surface area (Å²) in [5, 5.41) is 2.16. The third kappa shape index (κ3) is 5.10. The van der Waals surface area contributed by atoms with Crippen molar-refractivity contribution in [3.63, 3.8) is 0 Å². The maximum atomic E-state index is 12.8. The van der Waals surface area contributed by atoms with Crippen molar-refractivity contribution in [2.24, 2.45) is 11.8 Å². The molecule has 0 spiro atoms. The van der Waals surface area contributed by atoms with Gasteiger partial charge in [0, 0.05) is 4.47 Å². The lowest BCUT2D eigenvalue weighted by molar-refractivity contribution is -0.122. The van der Waals surface area contributed by atoms with Crippen LogP contribution >= 0.6 is 50.7 Å². The van der Waals surface area contributed by atoms with E-state index in [4.69, 9.17) is 39.5 Å². The van der Waals surface area contributed by atoms with E-state index in [9.17, 15) is 19.2 Å². The largest absolute Gasteiger partial charge is 0.452 e. The molecule has 1 heterocycles. The average molecular weight is 589 g/mol. The number of imide groups is 1. The predicted octanol–water partition coefficient (Wildman–Crippen LogP) is 5.01. The normalized spacial score (nSPS) is 24.1. The lowest BCUT2D eigenvalue weighted by Gasteiger charge is -2.28. The zero-order valence-electron chi connectivity index (χ0n) is 17.5. The molecule has 0 unspecified atom stereocenters. The summed E-state index contributed by atoms with van der Waals surface area (Å²) in [5.41, 5.74) is 0.897. The Morgan fingerprint density at radius 3 is 2.15 bits per heavy atom. The molecule has 2 aliphatic rings. The van der Waals surface area contributed by atoms with E-state index < -0.39 is 30.3 Å². The van der Waals surface area contributed by atoms with Gasteiger partial charge in [0.05, 0.1) is 44.6 Å². The van der Waals surface area contributed by atoms with Crippen molar-refractivity contribution >= 4 is 85.8 Å². The van der Waals surface area contributed by atoms with E-state index in [0.29, 0.717) is 29.2 Å². The van der Waals surface area contributed by atoms with Gasteiger partial charge in [-0.25, -0.2) is 4.79 Å². The molecule has 2 aromatic carbocycles. The molecular formula is C23H18BrCl3N2O5. The summed E-state index contributed by atoms with van der Waals surface area (Å²) in [6.07, 6.45) is 0.693. The van der Waals surface area contributed by atoms with Crippen LogP contribution in [0.5, 0.6) is 0 Å². The Morgan fingerprint density at radius 1 is 1.00 bits per heavy atom. The van der Waals surface area contributed by atoms with E-state index in [1.54, 1.807) is 18.2 Å². The predicted molar refractivity (Wildman–Crippen MR) is 132 cm³/mol. The van der Waals surface area contributed by atoms with E-state index in [1.807, 2.05) is 0 Å². The summed E-state index contributed by atoms with van der Waals surface area (Å²) in [6.45, 7) is -0.515. The monoisotopic (exact) mass is 586 g/mol. The van der Waals surface area contributed by atoms with E-state index in [-0.39, 0.29) is 28.1 Å². The number of anilines is 2. The molecule has 178 valence electrons. The number of carbonyl (C=O) groups is 4. The first kappa shape index (κ1) is 25.0. The van der Waals surface area contributed by atoms with Crippen molar-refractivity contribution in [3.8, 4) is 0 Å². The molecule has 1 N–H and O–H groups in total. The molecule has 34 heavy (non-hydrogen) atoms. The minimum atomic E-state index is -0.730. The topological polar surface area (TPSA) is 92.8 Å². The fourth-order valence-electron chi connectivity index (χ4n) is 4.09. The summed E-state index contributed by atoms with van der Waals surface area (Å²) < 4.78 is 5.81. The highest BCUT2D eigenvalue weighted by atomic mass is 79.9. The van der Waals surface area contributed by atoms with Crippen molar-refractivity contribution in [2.75, 3.05) is 16.8 Å².